The van der Waals surface area contributed by atoms with Crippen LogP contribution in [0.5, 0.6) is 0 Å². The van der Waals surface area contributed by atoms with Crippen molar-refractivity contribution in [2.75, 3.05) is 41.7 Å². The van der Waals surface area contributed by atoms with Gasteiger partial charge in [0, 0.05) is 56.2 Å². The van der Waals surface area contributed by atoms with Gasteiger partial charge in [-0.25, -0.2) is 9.78 Å². The van der Waals surface area contributed by atoms with E-state index in [0.29, 0.717) is 34.4 Å². The van der Waals surface area contributed by atoms with Crippen LogP contribution in [-0.4, -0.2) is 56.0 Å². The van der Waals surface area contributed by atoms with Crippen molar-refractivity contribution in [2.24, 2.45) is 7.05 Å². The van der Waals surface area contributed by atoms with Gasteiger partial charge in [-0.05, 0) is 30.3 Å². The van der Waals surface area contributed by atoms with Gasteiger partial charge in [0.1, 0.15) is 0 Å². The molecule has 1 aliphatic heterocycles. The number of thioether (sulfide) groups is 1. The number of H-pyrrole nitrogens is 1. The van der Waals surface area contributed by atoms with Crippen LogP contribution in [0.4, 0.5) is 11.6 Å². The number of anilines is 2. The summed E-state index contributed by atoms with van der Waals surface area (Å²) in [7, 11) is 1.63. The largest absolute Gasteiger partial charge is 0.368 e. The molecule has 1 aliphatic rings. The number of halogens is 1. The van der Waals surface area contributed by atoms with Crippen LogP contribution >= 0.6 is 34.7 Å². The molecule has 0 amide bonds. The fraction of sp³-hybridized carbons (Fsp3) is 0.280. The third kappa shape index (κ3) is 4.62. The van der Waals surface area contributed by atoms with Gasteiger partial charge in [-0.15, -0.1) is 11.3 Å². The molecule has 6 rings (SSSR count). The first kappa shape index (κ1) is 24.1. The van der Waals surface area contributed by atoms with Gasteiger partial charge in [0.25, 0.3) is 5.56 Å². The number of thiazole rings is 1. The zero-order valence-electron chi connectivity index (χ0n) is 20.1. The average Bonchev–Trinajstić information content (AvgIpc) is 3.49. The molecule has 1 N–H and O–H groups in total. The maximum Gasteiger partial charge on any atom is 0.329 e. The topological polar surface area (TPSA) is 92.0 Å². The van der Waals surface area contributed by atoms with Crippen molar-refractivity contribution in [3.63, 3.8) is 0 Å². The third-order valence-corrected chi connectivity index (χ3v) is 8.93. The zero-order valence-corrected chi connectivity index (χ0v) is 22.4. The lowest BCUT2D eigenvalue weighted by Gasteiger charge is -2.36. The minimum absolute atomic E-state index is 0.394. The van der Waals surface area contributed by atoms with Crippen LogP contribution in [0.25, 0.3) is 21.4 Å². The summed E-state index contributed by atoms with van der Waals surface area (Å²) in [6.45, 7) is 3.60. The number of rotatable bonds is 6. The SMILES string of the molecule is Cn1c(=O)[nH]c(=O)c2c1nc(N1CCN(c3cccc(Cl)c3)CC1)n2CCSc1nc2ccccc2s1. The van der Waals surface area contributed by atoms with Crippen LogP contribution in [0.1, 0.15) is 0 Å². The summed E-state index contributed by atoms with van der Waals surface area (Å²) in [5.41, 5.74) is 2.01. The predicted molar refractivity (Wildman–Crippen MR) is 152 cm³/mol. The van der Waals surface area contributed by atoms with Gasteiger partial charge in [0.2, 0.25) is 5.95 Å². The molecule has 0 spiro atoms. The molecule has 37 heavy (non-hydrogen) atoms. The lowest BCUT2D eigenvalue weighted by atomic mass is 10.2. The number of aryl methyl sites for hydroxylation is 2. The van der Waals surface area contributed by atoms with Crippen molar-refractivity contribution in [2.45, 2.75) is 10.9 Å². The number of hydrogen-bond acceptors (Lipinski definition) is 8. The first-order valence-electron chi connectivity index (χ1n) is 11.9. The van der Waals surface area contributed by atoms with E-state index in [1.807, 2.05) is 41.0 Å². The summed E-state index contributed by atoms with van der Waals surface area (Å²) >= 11 is 9.52. The number of para-hydroxylation sites is 1. The first-order valence-corrected chi connectivity index (χ1v) is 14.1. The molecule has 12 heteroatoms. The second-order valence-corrected chi connectivity index (χ2v) is 11.6. The Balaban J connectivity index is 1.28. The summed E-state index contributed by atoms with van der Waals surface area (Å²) < 4.78 is 5.49. The van der Waals surface area contributed by atoms with Crippen LogP contribution in [0.2, 0.25) is 5.02 Å². The molecule has 9 nitrogen and oxygen atoms in total. The molecular formula is C25H24ClN7O2S2. The van der Waals surface area contributed by atoms with Crippen molar-refractivity contribution in [1.82, 2.24) is 24.1 Å². The van der Waals surface area contributed by atoms with E-state index in [-0.39, 0.29) is 0 Å². The van der Waals surface area contributed by atoms with Crippen molar-refractivity contribution < 1.29 is 0 Å². The van der Waals surface area contributed by atoms with E-state index in [2.05, 4.69) is 26.9 Å². The lowest BCUT2D eigenvalue weighted by Crippen LogP contribution is -2.47. The van der Waals surface area contributed by atoms with Gasteiger partial charge >= 0.3 is 5.69 Å². The van der Waals surface area contributed by atoms with Crippen LogP contribution in [-0.2, 0) is 13.6 Å². The standard InChI is InChI=1S/C25H24ClN7O2S2/c1-30-21-20(22(34)29-24(30)35)33(13-14-36-25-27-18-7-2-3-8-19(18)37-25)23(28-21)32-11-9-31(10-12-32)17-6-4-5-16(26)15-17/h2-8,15H,9-14H2,1H3,(H,29,34,35). The number of aromatic nitrogens is 5. The Kier molecular flexibility index (Phi) is 6.43. The highest BCUT2D eigenvalue weighted by molar-refractivity contribution is 8.01. The number of imidazole rings is 1. The van der Waals surface area contributed by atoms with E-state index in [1.54, 1.807) is 30.1 Å². The second-order valence-electron chi connectivity index (χ2n) is 8.80. The highest BCUT2D eigenvalue weighted by Crippen LogP contribution is 2.30. The molecule has 0 aliphatic carbocycles. The maximum absolute atomic E-state index is 12.9. The summed E-state index contributed by atoms with van der Waals surface area (Å²) in [6, 6.07) is 16.0. The zero-order chi connectivity index (χ0) is 25.5. The average molecular weight is 554 g/mol. The molecule has 2 aromatic carbocycles. The Morgan fingerprint density at radius 3 is 2.59 bits per heavy atom. The first-order chi connectivity index (χ1) is 18.0. The van der Waals surface area contributed by atoms with E-state index >= 15 is 0 Å². The normalized spacial score (nSPS) is 14.2. The molecular weight excluding hydrogens is 530 g/mol. The summed E-state index contributed by atoms with van der Waals surface area (Å²) in [5, 5.41) is 0.715. The maximum atomic E-state index is 12.9. The van der Waals surface area contributed by atoms with Gasteiger partial charge < -0.3 is 14.4 Å². The third-order valence-electron chi connectivity index (χ3n) is 6.54. The Morgan fingerprint density at radius 2 is 1.81 bits per heavy atom. The fourth-order valence-electron chi connectivity index (χ4n) is 4.65. The predicted octanol–water partition coefficient (Wildman–Crippen LogP) is 3.81. The molecule has 1 saturated heterocycles. The highest BCUT2D eigenvalue weighted by Gasteiger charge is 2.25. The number of fused-ring (bicyclic) bond motifs is 2. The molecule has 0 bridgehead atoms. The van der Waals surface area contributed by atoms with Crippen molar-refractivity contribution >= 4 is 67.7 Å². The van der Waals surface area contributed by atoms with Gasteiger partial charge in [-0.3, -0.25) is 14.3 Å². The van der Waals surface area contributed by atoms with Crippen LogP contribution < -0.4 is 21.0 Å². The van der Waals surface area contributed by atoms with Gasteiger partial charge in [0.05, 0.1) is 10.2 Å². The van der Waals surface area contributed by atoms with Crippen molar-refractivity contribution in [3.05, 3.63) is 74.4 Å². The molecule has 1 fully saturated rings. The van der Waals surface area contributed by atoms with E-state index < -0.39 is 11.2 Å². The number of aromatic amines is 1. The Morgan fingerprint density at radius 1 is 1.03 bits per heavy atom. The van der Waals surface area contributed by atoms with E-state index in [4.69, 9.17) is 21.6 Å². The van der Waals surface area contributed by atoms with Gasteiger partial charge in [-0.1, -0.05) is 41.6 Å². The van der Waals surface area contributed by atoms with E-state index in [9.17, 15) is 9.59 Å². The molecule has 3 aromatic heterocycles. The Hall–Kier alpha value is -3.28. The van der Waals surface area contributed by atoms with Crippen molar-refractivity contribution in [3.8, 4) is 0 Å². The number of hydrogen-bond donors (Lipinski definition) is 1. The number of nitrogens with one attached hydrogen (secondary N) is 1. The Bertz CT molecular complexity index is 1680. The minimum atomic E-state index is -0.469. The molecule has 5 aromatic rings. The number of piperazine rings is 1. The van der Waals surface area contributed by atoms with Crippen molar-refractivity contribution in [1.29, 1.82) is 0 Å². The Labute approximate surface area is 225 Å². The molecule has 0 radical (unpaired) electrons. The monoisotopic (exact) mass is 553 g/mol. The van der Waals surface area contributed by atoms with Crippen LogP contribution in [0.3, 0.4) is 0 Å². The van der Waals surface area contributed by atoms with E-state index in [1.165, 1.54) is 4.57 Å². The molecule has 0 atom stereocenters. The molecule has 0 saturated carbocycles. The summed E-state index contributed by atoms with van der Waals surface area (Å²) in [5.74, 6) is 1.42. The molecule has 0 unspecified atom stereocenters. The van der Waals surface area contributed by atoms with Gasteiger partial charge in [0.15, 0.2) is 15.5 Å². The fourth-order valence-corrected chi connectivity index (χ4v) is 6.90. The minimum Gasteiger partial charge on any atom is -0.368 e. The molecule has 190 valence electrons. The van der Waals surface area contributed by atoms with E-state index in [0.717, 1.165) is 46.4 Å². The summed E-state index contributed by atoms with van der Waals surface area (Å²) in [4.78, 5) is 41.6. The second kappa shape index (κ2) is 9.88. The van der Waals surface area contributed by atoms with Crippen LogP contribution in [0.15, 0.2) is 62.5 Å². The highest BCUT2D eigenvalue weighted by atomic mass is 35.5. The summed E-state index contributed by atoms with van der Waals surface area (Å²) in [6.07, 6.45) is 0. The smallest absolute Gasteiger partial charge is 0.329 e. The quantitative estimate of drug-likeness (QED) is 0.320. The number of nitrogens with zero attached hydrogens (tertiary/aromatic N) is 6. The number of benzene rings is 2. The van der Waals surface area contributed by atoms with Crippen LogP contribution in [0, 0.1) is 0 Å². The lowest BCUT2D eigenvalue weighted by molar-refractivity contribution is 0.623. The molecule has 4 heterocycles. The van der Waals surface area contributed by atoms with Gasteiger partial charge in [-0.2, -0.15) is 4.98 Å².